The summed E-state index contributed by atoms with van der Waals surface area (Å²) in [6.45, 7) is 2.29. The Morgan fingerprint density at radius 2 is 1.77 bits per heavy atom. The molecule has 7 heteroatoms. The predicted molar refractivity (Wildman–Crippen MR) is 101 cm³/mol. The van der Waals surface area contributed by atoms with Crippen LogP contribution in [-0.4, -0.2) is 30.1 Å². The number of carbonyl (C=O) groups is 3. The largest absolute Gasteiger partial charge is 0.462 e. The Bertz CT molecular complexity index is 790. The van der Waals surface area contributed by atoms with Crippen LogP contribution in [-0.2, 0) is 9.53 Å². The van der Waals surface area contributed by atoms with Crippen LogP contribution >= 0.6 is 11.8 Å². The quantitative estimate of drug-likeness (QED) is 0.548. The lowest BCUT2D eigenvalue weighted by Crippen LogP contribution is -2.15. The molecule has 2 aromatic rings. The van der Waals surface area contributed by atoms with Crippen LogP contribution in [0, 0.1) is 0 Å². The lowest BCUT2D eigenvalue weighted by Gasteiger charge is -2.10. The zero-order chi connectivity index (χ0) is 18.9. The summed E-state index contributed by atoms with van der Waals surface area (Å²) in [6, 6.07) is 13.4. The number of nitrogens with two attached hydrogens (primary N) is 1. The van der Waals surface area contributed by atoms with Crippen molar-refractivity contribution in [2.45, 2.75) is 18.2 Å². The fourth-order valence-corrected chi connectivity index (χ4v) is 2.88. The zero-order valence-corrected chi connectivity index (χ0v) is 15.2. The Morgan fingerprint density at radius 3 is 2.42 bits per heavy atom. The molecule has 6 nitrogen and oxygen atoms in total. The van der Waals surface area contributed by atoms with Crippen LogP contribution in [0.1, 0.15) is 34.1 Å². The summed E-state index contributed by atoms with van der Waals surface area (Å²) < 4.78 is 5.06. The standard InChI is InChI=1S/C19H20N2O4S/c1-2-11-25-19(24)13-7-9-14(10-8-13)21-18(23)15-5-3-4-6-16(15)26-12-17(20)22/h3-10H,2,11-12H2,1H3,(H2,20,22)(H,21,23). The van der Waals surface area contributed by atoms with E-state index in [-0.39, 0.29) is 11.7 Å². The van der Waals surface area contributed by atoms with Gasteiger partial charge in [-0.2, -0.15) is 0 Å². The first kappa shape index (κ1) is 19.5. The molecule has 0 saturated carbocycles. The van der Waals surface area contributed by atoms with E-state index in [1.54, 1.807) is 48.5 Å². The van der Waals surface area contributed by atoms with Gasteiger partial charge in [-0.25, -0.2) is 4.79 Å². The molecule has 0 aliphatic heterocycles. The highest BCUT2D eigenvalue weighted by Gasteiger charge is 2.13. The molecule has 0 heterocycles. The first-order valence-electron chi connectivity index (χ1n) is 8.10. The van der Waals surface area contributed by atoms with Gasteiger partial charge in [0.1, 0.15) is 0 Å². The summed E-state index contributed by atoms with van der Waals surface area (Å²) in [5, 5.41) is 2.78. The Hall–Kier alpha value is -2.80. The third kappa shape index (κ3) is 5.63. The van der Waals surface area contributed by atoms with E-state index in [4.69, 9.17) is 10.5 Å². The van der Waals surface area contributed by atoms with Crippen LogP contribution < -0.4 is 11.1 Å². The van der Waals surface area contributed by atoms with Gasteiger partial charge in [0.15, 0.2) is 0 Å². The molecule has 0 aliphatic rings. The molecule has 0 atom stereocenters. The van der Waals surface area contributed by atoms with Gasteiger partial charge in [0.25, 0.3) is 5.91 Å². The Labute approximate surface area is 156 Å². The molecule has 2 aromatic carbocycles. The summed E-state index contributed by atoms with van der Waals surface area (Å²) in [7, 11) is 0. The number of benzene rings is 2. The average Bonchev–Trinajstić information content (AvgIpc) is 2.65. The maximum atomic E-state index is 12.5. The first-order chi connectivity index (χ1) is 12.5. The van der Waals surface area contributed by atoms with Crippen molar-refractivity contribution in [1.82, 2.24) is 0 Å². The van der Waals surface area contributed by atoms with Crippen molar-refractivity contribution in [1.29, 1.82) is 0 Å². The molecule has 2 amide bonds. The van der Waals surface area contributed by atoms with Gasteiger partial charge in [0, 0.05) is 10.6 Å². The normalized spacial score (nSPS) is 10.2. The van der Waals surface area contributed by atoms with Crippen LogP contribution in [0.25, 0.3) is 0 Å². The van der Waals surface area contributed by atoms with E-state index in [0.29, 0.717) is 28.3 Å². The molecule has 2 rings (SSSR count). The van der Waals surface area contributed by atoms with Gasteiger partial charge < -0.3 is 15.8 Å². The third-order valence-corrected chi connectivity index (χ3v) is 4.41. The van der Waals surface area contributed by atoms with Gasteiger partial charge in [-0.1, -0.05) is 19.1 Å². The average molecular weight is 372 g/mol. The van der Waals surface area contributed by atoms with Crippen LogP contribution in [0.5, 0.6) is 0 Å². The monoisotopic (exact) mass is 372 g/mol. The summed E-state index contributed by atoms with van der Waals surface area (Å²) in [5.41, 5.74) is 6.59. The van der Waals surface area contributed by atoms with E-state index in [1.807, 2.05) is 6.92 Å². The first-order valence-corrected chi connectivity index (χ1v) is 9.08. The lowest BCUT2D eigenvalue weighted by molar-refractivity contribution is -0.115. The number of thioether (sulfide) groups is 1. The van der Waals surface area contributed by atoms with Crippen molar-refractivity contribution in [2.75, 3.05) is 17.7 Å². The second-order valence-corrected chi connectivity index (χ2v) is 6.44. The number of esters is 1. The van der Waals surface area contributed by atoms with Gasteiger partial charge >= 0.3 is 5.97 Å². The van der Waals surface area contributed by atoms with E-state index >= 15 is 0 Å². The third-order valence-electron chi connectivity index (χ3n) is 3.32. The minimum atomic E-state index is -0.448. The molecule has 0 spiro atoms. The predicted octanol–water partition coefficient (Wildman–Crippen LogP) is 3.08. The van der Waals surface area contributed by atoms with E-state index in [2.05, 4.69) is 5.32 Å². The summed E-state index contributed by atoms with van der Waals surface area (Å²) in [5.74, 6) is -1.05. The molecule has 0 bridgehead atoms. The Kier molecular flexibility index (Phi) is 7.23. The minimum absolute atomic E-state index is 0.0961. The van der Waals surface area contributed by atoms with E-state index in [1.165, 1.54) is 11.8 Å². The number of amides is 2. The summed E-state index contributed by atoms with van der Waals surface area (Å²) in [4.78, 5) is 35.9. The highest BCUT2D eigenvalue weighted by atomic mass is 32.2. The fourth-order valence-electron chi connectivity index (χ4n) is 2.10. The van der Waals surface area contributed by atoms with Gasteiger partial charge in [-0.3, -0.25) is 9.59 Å². The number of carbonyl (C=O) groups excluding carboxylic acids is 3. The second-order valence-electron chi connectivity index (χ2n) is 5.42. The molecular weight excluding hydrogens is 352 g/mol. The van der Waals surface area contributed by atoms with Crippen molar-refractivity contribution in [3.05, 3.63) is 59.7 Å². The molecule has 0 aromatic heterocycles. The van der Waals surface area contributed by atoms with Crippen LogP contribution in [0.3, 0.4) is 0 Å². The fraction of sp³-hybridized carbons (Fsp3) is 0.211. The second kappa shape index (κ2) is 9.62. The van der Waals surface area contributed by atoms with Crippen molar-refractivity contribution >= 4 is 35.2 Å². The number of hydrogen-bond donors (Lipinski definition) is 2. The highest BCUT2D eigenvalue weighted by Crippen LogP contribution is 2.23. The van der Waals surface area contributed by atoms with Gasteiger partial charge in [-0.15, -0.1) is 11.8 Å². The van der Waals surface area contributed by atoms with Crippen LogP contribution in [0.15, 0.2) is 53.4 Å². The smallest absolute Gasteiger partial charge is 0.338 e. The number of hydrogen-bond acceptors (Lipinski definition) is 5. The summed E-state index contributed by atoms with van der Waals surface area (Å²) >= 11 is 1.21. The number of nitrogens with one attached hydrogen (secondary N) is 1. The molecule has 0 saturated heterocycles. The van der Waals surface area contributed by atoms with E-state index in [0.717, 1.165) is 6.42 Å². The maximum absolute atomic E-state index is 12.5. The van der Waals surface area contributed by atoms with Crippen molar-refractivity contribution in [3.63, 3.8) is 0 Å². The molecule has 0 aliphatic carbocycles. The van der Waals surface area contributed by atoms with Crippen molar-refractivity contribution < 1.29 is 19.1 Å². The van der Waals surface area contributed by atoms with E-state index in [9.17, 15) is 14.4 Å². The van der Waals surface area contributed by atoms with Crippen LogP contribution in [0.4, 0.5) is 5.69 Å². The van der Waals surface area contributed by atoms with Crippen molar-refractivity contribution in [3.8, 4) is 0 Å². The van der Waals surface area contributed by atoms with Gasteiger partial charge in [-0.05, 0) is 42.8 Å². The van der Waals surface area contributed by atoms with Crippen LogP contribution in [0.2, 0.25) is 0 Å². The number of anilines is 1. The van der Waals surface area contributed by atoms with Gasteiger partial charge in [0.05, 0.1) is 23.5 Å². The summed E-state index contributed by atoms with van der Waals surface area (Å²) in [6.07, 6.45) is 0.757. The maximum Gasteiger partial charge on any atom is 0.338 e. The number of primary amides is 1. The SMILES string of the molecule is CCCOC(=O)c1ccc(NC(=O)c2ccccc2SCC(N)=O)cc1. The molecule has 3 N–H and O–H groups in total. The van der Waals surface area contributed by atoms with Crippen molar-refractivity contribution in [2.24, 2.45) is 5.73 Å². The Balaban J connectivity index is 2.06. The molecule has 26 heavy (non-hydrogen) atoms. The Morgan fingerprint density at radius 1 is 1.08 bits per heavy atom. The minimum Gasteiger partial charge on any atom is -0.462 e. The lowest BCUT2D eigenvalue weighted by atomic mass is 10.2. The molecule has 0 unspecified atom stereocenters. The molecule has 0 radical (unpaired) electrons. The molecule has 136 valence electrons. The van der Waals surface area contributed by atoms with Gasteiger partial charge in [0.2, 0.25) is 5.91 Å². The number of rotatable bonds is 8. The van der Waals surface area contributed by atoms with E-state index < -0.39 is 11.9 Å². The molecular formula is C19H20N2O4S. The number of ether oxygens (including phenoxy) is 1. The molecule has 0 fully saturated rings. The highest BCUT2D eigenvalue weighted by molar-refractivity contribution is 8.00. The topological polar surface area (TPSA) is 98.5 Å². The zero-order valence-electron chi connectivity index (χ0n) is 14.4.